The van der Waals surface area contributed by atoms with Crippen LogP contribution in [-0.2, 0) is 4.79 Å². The van der Waals surface area contributed by atoms with E-state index in [0.717, 1.165) is 34.6 Å². The van der Waals surface area contributed by atoms with Gasteiger partial charge in [0.05, 0.1) is 25.7 Å². The van der Waals surface area contributed by atoms with Crippen molar-refractivity contribution in [2.45, 2.75) is 57.8 Å². The van der Waals surface area contributed by atoms with Crippen LogP contribution < -0.4 is 18.9 Å². The smallest absolute Gasteiger partial charge is 0.312 e. The number of hydrogen-bond acceptors (Lipinski definition) is 6. The number of ether oxygens (including phenoxy) is 4. The summed E-state index contributed by atoms with van der Waals surface area (Å²) in [5.74, 6) is 1.86. The molecule has 2 aliphatic heterocycles. The lowest BCUT2D eigenvalue weighted by Crippen LogP contribution is -2.21. The van der Waals surface area contributed by atoms with Crippen LogP contribution >= 0.6 is 0 Å². The number of unbranched alkanes of at least 4 members (excludes halogenated alkanes) is 5. The quantitative estimate of drug-likeness (QED) is 0.112. The summed E-state index contributed by atoms with van der Waals surface area (Å²) in [5, 5.41) is 0. The lowest BCUT2D eigenvalue weighted by atomic mass is 9.84. The van der Waals surface area contributed by atoms with Crippen LogP contribution in [0.15, 0.2) is 66.4 Å². The molecule has 0 saturated heterocycles. The molecule has 5 rings (SSSR count). The number of carbonyl (C=O) groups excluding carboxylic acids is 2. The molecule has 2 aliphatic rings. The molecule has 202 valence electrons. The van der Waals surface area contributed by atoms with E-state index in [0.29, 0.717) is 23.7 Å². The molecule has 1 atom stereocenters. The van der Waals surface area contributed by atoms with E-state index in [2.05, 4.69) is 6.92 Å². The summed E-state index contributed by atoms with van der Waals surface area (Å²) in [6.45, 7) is 2.91. The molecule has 39 heavy (non-hydrogen) atoms. The third-order valence-corrected chi connectivity index (χ3v) is 7.24. The lowest BCUT2D eigenvalue weighted by molar-refractivity contribution is -0.135. The summed E-state index contributed by atoms with van der Waals surface area (Å²) < 4.78 is 22.9. The molecular formula is C33H34O6. The van der Waals surface area contributed by atoms with E-state index in [1.807, 2.05) is 48.5 Å². The number of allylic oxidation sites excluding steroid dienone is 1. The van der Waals surface area contributed by atoms with Crippen molar-refractivity contribution in [2.24, 2.45) is 0 Å². The van der Waals surface area contributed by atoms with E-state index < -0.39 is 0 Å². The van der Waals surface area contributed by atoms with Gasteiger partial charge in [0.15, 0.2) is 5.76 Å². The van der Waals surface area contributed by atoms with Gasteiger partial charge >= 0.3 is 5.97 Å². The Bertz CT molecular complexity index is 1350. The first-order valence-electron chi connectivity index (χ1n) is 13.8. The number of rotatable bonds is 11. The molecule has 6 nitrogen and oxygen atoms in total. The summed E-state index contributed by atoms with van der Waals surface area (Å²) in [4.78, 5) is 25.7. The molecule has 0 spiro atoms. The summed E-state index contributed by atoms with van der Waals surface area (Å²) in [7, 11) is 1.61. The molecule has 0 fully saturated rings. The van der Waals surface area contributed by atoms with E-state index in [-0.39, 0.29) is 29.9 Å². The number of Topliss-reactive ketones (excluding diaryl/α,β-unsaturated/α-hetero) is 1. The maximum Gasteiger partial charge on any atom is 0.312 e. The van der Waals surface area contributed by atoms with Gasteiger partial charge in [-0.15, -0.1) is 0 Å². The normalized spacial score (nSPS) is 16.9. The zero-order valence-electron chi connectivity index (χ0n) is 22.5. The first kappa shape index (κ1) is 26.5. The molecule has 2 heterocycles. The first-order chi connectivity index (χ1) is 19.1. The Labute approximate surface area is 229 Å². The number of benzene rings is 3. The number of methoxy groups -OCH3 is 1. The van der Waals surface area contributed by atoms with Gasteiger partial charge in [0.25, 0.3) is 0 Å². The highest BCUT2D eigenvalue weighted by atomic mass is 16.5. The van der Waals surface area contributed by atoms with Crippen LogP contribution in [0.25, 0.3) is 6.08 Å². The molecule has 0 aromatic heterocycles. The Kier molecular flexibility index (Phi) is 8.30. The van der Waals surface area contributed by atoms with Gasteiger partial charge in [0.2, 0.25) is 5.78 Å². The number of hydrogen-bond donors (Lipinski definition) is 0. The molecule has 0 N–H and O–H groups in total. The van der Waals surface area contributed by atoms with Crippen molar-refractivity contribution in [1.29, 1.82) is 0 Å². The Morgan fingerprint density at radius 1 is 0.846 bits per heavy atom. The van der Waals surface area contributed by atoms with Gasteiger partial charge in [-0.3, -0.25) is 9.59 Å². The first-order valence-corrected chi connectivity index (χ1v) is 13.8. The predicted molar refractivity (Wildman–Crippen MR) is 150 cm³/mol. The second kappa shape index (κ2) is 12.2. The minimum Gasteiger partial charge on any atom is -0.497 e. The molecule has 0 amide bonds. The van der Waals surface area contributed by atoms with Crippen molar-refractivity contribution in [3.63, 3.8) is 0 Å². The molecule has 6 heteroatoms. The summed E-state index contributed by atoms with van der Waals surface area (Å²) in [6.07, 6.45) is 9.18. The van der Waals surface area contributed by atoms with Crippen LogP contribution in [0, 0.1) is 0 Å². The Morgan fingerprint density at radius 2 is 1.56 bits per heavy atom. The summed E-state index contributed by atoms with van der Waals surface area (Å²) >= 11 is 0. The number of ketones is 1. The molecule has 0 radical (unpaired) electrons. The fourth-order valence-corrected chi connectivity index (χ4v) is 5.11. The van der Waals surface area contributed by atoms with Crippen LogP contribution in [0.1, 0.15) is 84.8 Å². The van der Waals surface area contributed by atoms with Crippen LogP contribution in [0.4, 0.5) is 0 Å². The van der Waals surface area contributed by atoms with Crippen LogP contribution in [-0.4, -0.2) is 25.5 Å². The highest BCUT2D eigenvalue weighted by Crippen LogP contribution is 2.49. The van der Waals surface area contributed by atoms with Gasteiger partial charge in [0.1, 0.15) is 23.0 Å². The maximum atomic E-state index is 13.2. The van der Waals surface area contributed by atoms with E-state index in [1.165, 1.54) is 32.1 Å². The van der Waals surface area contributed by atoms with Gasteiger partial charge in [-0.25, -0.2) is 0 Å². The Hall–Kier alpha value is -4.06. The van der Waals surface area contributed by atoms with Crippen LogP contribution in [0.5, 0.6) is 23.0 Å². The van der Waals surface area contributed by atoms with E-state index in [4.69, 9.17) is 18.9 Å². The fraction of sp³-hybridized carbons (Fsp3) is 0.333. The zero-order valence-corrected chi connectivity index (χ0v) is 22.5. The fourth-order valence-electron chi connectivity index (χ4n) is 5.11. The van der Waals surface area contributed by atoms with Crippen LogP contribution in [0.3, 0.4) is 0 Å². The standard InChI is InChI=1S/C33H34O6/c1-3-4-5-6-7-8-19-37-25-15-11-23(12-16-25)27-21-30(34)38-28-18-17-26-32(35)29(39-33(26)31(27)28)20-22-9-13-24(36-2)14-10-22/h9-18,20,27H,3-8,19,21H2,1-2H3/b29-20-. The molecule has 0 aliphatic carbocycles. The molecule has 1 unspecified atom stereocenters. The SMILES string of the molecule is CCCCCCCCOc1ccc(C2CC(=O)Oc3ccc4c(c32)O/C(=C\c2ccc(OC)cc2)C4=O)cc1. The lowest BCUT2D eigenvalue weighted by Gasteiger charge is -2.26. The monoisotopic (exact) mass is 526 g/mol. The number of esters is 1. The predicted octanol–water partition coefficient (Wildman–Crippen LogP) is 7.49. The summed E-state index contributed by atoms with van der Waals surface area (Å²) in [5.41, 5.74) is 2.95. The van der Waals surface area contributed by atoms with E-state index in [9.17, 15) is 9.59 Å². The van der Waals surface area contributed by atoms with Crippen molar-refractivity contribution in [3.8, 4) is 23.0 Å². The average Bonchev–Trinajstić information content (AvgIpc) is 3.27. The molecule has 0 saturated carbocycles. The molecule has 3 aromatic rings. The largest absolute Gasteiger partial charge is 0.497 e. The van der Waals surface area contributed by atoms with Crippen molar-refractivity contribution >= 4 is 17.8 Å². The number of fused-ring (bicyclic) bond motifs is 3. The molecule has 3 aromatic carbocycles. The van der Waals surface area contributed by atoms with Gasteiger partial charge in [0, 0.05) is 11.5 Å². The summed E-state index contributed by atoms with van der Waals surface area (Å²) in [6, 6.07) is 18.6. The minimum atomic E-state index is -0.311. The third kappa shape index (κ3) is 6.00. The third-order valence-electron chi connectivity index (χ3n) is 7.24. The average molecular weight is 527 g/mol. The minimum absolute atomic E-state index is 0.163. The zero-order chi connectivity index (χ0) is 27.2. The van der Waals surface area contributed by atoms with Gasteiger partial charge in [-0.05, 0) is 60.0 Å². The van der Waals surface area contributed by atoms with Gasteiger partial charge in [-0.1, -0.05) is 63.3 Å². The Balaban J connectivity index is 1.34. The highest BCUT2D eigenvalue weighted by Gasteiger charge is 2.38. The highest BCUT2D eigenvalue weighted by molar-refractivity contribution is 6.15. The molecule has 0 bridgehead atoms. The second-order valence-corrected chi connectivity index (χ2v) is 9.98. The van der Waals surface area contributed by atoms with Gasteiger partial charge in [-0.2, -0.15) is 0 Å². The van der Waals surface area contributed by atoms with Crippen molar-refractivity contribution in [1.82, 2.24) is 0 Å². The van der Waals surface area contributed by atoms with Crippen molar-refractivity contribution < 1.29 is 28.5 Å². The number of carbonyl (C=O) groups is 2. The maximum absolute atomic E-state index is 13.2. The molecular weight excluding hydrogens is 492 g/mol. The van der Waals surface area contributed by atoms with E-state index in [1.54, 1.807) is 25.3 Å². The Morgan fingerprint density at radius 3 is 2.31 bits per heavy atom. The van der Waals surface area contributed by atoms with Crippen LogP contribution in [0.2, 0.25) is 0 Å². The topological polar surface area (TPSA) is 71.1 Å². The van der Waals surface area contributed by atoms with E-state index >= 15 is 0 Å². The van der Waals surface area contributed by atoms with Crippen molar-refractivity contribution in [3.05, 3.63) is 88.7 Å². The second-order valence-electron chi connectivity index (χ2n) is 9.98. The van der Waals surface area contributed by atoms with Gasteiger partial charge < -0.3 is 18.9 Å². The van der Waals surface area contributed by atoms with Crippen molar-refractivity contribution in [2.75, 3.05) is 13.7 Å².